The molecule has 1 aromatic heterocycles. The smallest absolute Gasteiger partial charge is 0.267 e. The van der Waals surface area contributed by atoms with Gasteiger partial charge < -0.3 is 9.47 Å². The average molecular weight is 335 g/mol. The molecule has 6 nitrogen and oxygen atoms in total. The number of nitrogens with one attached hydrogen (secondary N) is 1. The van der Waals surface area contributed by atoms with E-state index >= 15 is 0 Å². The van der Waals surface area contributed by atoms with Gasteiger partial charge in [0.05, 0.1) is 6.61 Å². The first-order valence-electron chi connectivity index (χ1n) is 7.54. The summed E-state index contributed by atoms with van der Waals surface area (Å²) in [5.74, 6) is 0.963. The molecule has 0 aliphatic carbocycles. The van der Waals surface area contributed by atoms with E-state index in [9.17, 15) is 4.79 Å². The zero-order valence-electron chi connectivity index (χ0n) is 13.8. The Morgan fingerprint density at radius 1 is 1.26 bits per heavy atom. The van der Waals surface area contributed by atoms with Crippen molar-refractivity contribution < 1.29 is 14.3 Å². The summed E-state index contributed by atoms with van der Waals surface area (Å²) in [6.07, 6.45) is -0.0932. The highest BCUT2D eigenvalue weighted by Gasteiger charge is 2.21. The molecule has 1 N–H and O–H groups in total. The molecule has 0 spiro atoms. The Morgan fingerprint density at radius 3 is 2.65 bits per heavy atom. The number of aryl methyl sites for hydroxylation is 2. The van der Waals surface area contributed by atoms with Gasteiger partial charge in [-0.2, -0.15) is 0 Å². The molecular formula is C16H21N3O3S. The minimum Gasteiger partial charge on any atom is -0.490 e. The molecular weight excluding hydrogens is 314 g/mol. The van der Waals surface area contributed by atoms with Crippen molar-refractivity contribution >= 4 is 22.4 Å². The molecule has 0 radical (unpaired) electrons. The fourth-order valence-corrected chi connectivity index (χ4v) is 2.58. The van der Waals surface area contributed by atoms with E-state index in [1.165, 1.54) is 11.3 Å². The lowest BCUT2D eigenvalue weighted by molar-refractivity contribution is -0.122. The Balaban J connectivity index is 2.10. The van der Waals surface area contributed by atoms with Gasteiger partial charge in [0, 0.05) is 0 Å². The molecule has 1 heterocycles. The highest BCUT2D eigenvalue weighted by Crippen LogP contribution is 2.30. The summed E-state index contributed by atoms with van der Waals surface area (Å²) in [6, 6.07) is 5.65. The van der Waals surface area contributed by atoms with Gasteiger partial charge in [0.1, 0.15) is 5.01 Å². The summed E-state index contributed by atoms with van der Waals surface area (Å²) in [5, 5.41) is 11.8. The van der Waals surface area contributed by atoms with Crippen LogP contribution in [-0.4, -0.2) is 28.8 Å². The molecule has 0 saturated heterocycles. The van der Waals surface area contributed by atoms with Crippen LogP contribution < -0.4 is 14.8 Å². The van der Waals surface area contributed by atoms with Gasteiger partial charge >= 0.3 is 0 Å². The van der Waals surface area contributed by atoms with Crippen LogP contribution in [0.15, 0.2) is 18.2 Å². The molecule has 23 heavy (non-hydrogen) atoms. The van der Waals surface area contributed by atoms with E-state index in [1.54, 1.807) is 0 Å². The number of rotatable bonds is 7. The Kier molecular flexibility index (Phi) is 5.92. The van der Waals surface area contributed by atoms with E-state index in [4.69, 9.17) is 9.47 Å². The Hall–Kier alpha value is -2.15. The standard InChI is InChI=1S/C16H21N3O3S/c1-5-12(15(20)17-16-19-18-11(4)23-16)22-13-8-7-10(3)9-14(13)21-6-2/h7-9,12H,5-6H2,1-4H3,(H,17,19,20)/t12-/m1/s1. The van der Waals surface area contributed by atoms with Crippen molar-refractivity contribution in [1.29, 1.82) is 0 Å². The Morgan fingerprint density at radius 2 is 2.04 bits per heavy atom. The second-order valence-corrected chi connectivity index (χ2v) is 6.20. The van der Waals surface area contributed by atoms with Crippen molar-refractivity contribution in [2.75, 3.05) is 11.9 Å². The van der Waals surface area contributed by atoms with E-state index < -0.39 is 6.10 Å². The minimum atomic E-state index is -0.624. The molecule has 0 saturated carbocycles. The molecule has 0 aliphatic heterocycles. The van der Waals surface area contributed by atoms with E-state index in [-0.39, 0.29) is 5.91 Å². The molecule has 7 heteroatoms. The summed E-state index contributed by atoms with van der Waals surface area (Å²) in [6.45, 7) is 8.15. The lowest BCUT2D eigenvalue weighted by atomic mass is 10.2. The maximum atomic E-state index is 12.4. The molecule has 2 aromatic rings. The number of anilines is 1. The first-order chi connectivity index (χ1) is 11.0. The first kappa shape index (κ1) is 17.2. The molecule has 1 amide bonds. The predicted molar refractivity (Wildman–Crippen MR) is 90.3 cm³/mol. The molecule has 124 valence electrons. The van der Waals surface area contributed by atoms with Crippen molar-refractivity contribution in [2.24, 2.45) is 0 Å². The monoisotopic (exact) mass is 335 g/mol. The summed E-state index contributed by atoms with van der Waals surface area (Å²) >= 11 is 1.33. The van der Waals surface area contributed by atoms with Gasteiger partial charge in [0.25, 0.3) is 5.91 Å². The third kappa shape index (κ3) is 4.66. The number of aromatic nitrogens is 2. The number of hydrogen-bond donors (Lipinski definition) is 1. The number of nitrogens with zero attached hydrogens (tertiary/aromatic N) is 2. The average Bonchev–Trinajstić information content (AvgIpc) is 2.92. The van der Waals surface area contributed by atoms with Crippen LogP contribution in [0, 0.1) is 13.8 Å². The highest BCUT2D eigenvalue weighted by molar-refractivity contribution is 7.15. The Bertz CT molecular complexity index is 672. The van der Waals surface area contributed by atoms with Crippen LogP contribution in [-0.2, 0) is 4.79 Å². The van der Waals surface area contributed by atoms with Crippen LogP contribution in [0.4, 0.5) is 5.13 Å². The SMILES string of the molecule is CCOc1cc(C)ccc1O[C@H](CC)C(=O)Nc1nnc(C)s1. The normalized spacial score (nSPS) is 11.8. The summed E-state index contributed by atoms with van der Waals surface area (Å²) in [4.78, 5) is 12.4. The minimum absolute atomic E-state index is 0.244. The van der Waals surface area contributed by atoms with E-state index in [1.807, 2.05) is 45.9 Å². The third-order valence-corrected chi connectivity index (χ3v) is 3.84. The van der Waals surface area contributed by atoms with E-state index in [0.29, 0.717) is 29.7 Å². The van der Waals surface area contributed by atoms with Crippen molar-refractivity contribution in [3.63, 3.8) is 0 Å². The van der Waals surface area contributed by atoms with Crippen LogP contribution in [0.25, 0.3) is 0 Å². The maximum Gasteiger partial charge on any atom is 0.267 e. The van der Waals surface area contributed by atoms with Gasteiger partial charge in [-0.15, -0.1) is 10.2 Å². The van der Waals surface area contributed by atoms with Crippen molar-refractivity contribution in [3.05, 3.63) is 28.8 Å². The molecule has 1 aromatic carbocycles. The van der Waals surface area contributed by atoms with Gasteiger partial charge in [-0.05, 0) is 44.9 Å². The van der Waals surface area contributed by atoms with Crippen LogP contribution in [0.1, 0.15) is 30.8 Å². The number of hydrogen-bond acceptors (Lipinski definition) is 6. The second kappa shape index (κ2) is 7.92. The fraction of sp³-hybridized carbons (Fsp3) is 0.438. The summed E-state index contributed by atoms with van der Waals surface area (Å²) < 4.78 is 11.5. The molecule has 1 atom stereocenters. The van der Waals surface area contributed by atoms with Gasteiger partial charge in [-0.1, -0.05) is 24.3 Å². The largest absolute Gasteiger partial charge is 0.490 e. The lowest BCUT2D eigenvalue weighted by Gasteiger charge is -2.19. The molecule has 2 rings (SSSR count). The van der Waals surface area contributed by atoms with E-state index in [2.05, 4.69) is 15.5 Å². The molecule has 0 bridgehead atoms. The quantitative estimate of drug-likeness (QED) is 0.840. The van der Waals surface area contributed by atoms with Gasteiger partial charge in [-0.3, -0.25) is 10.1 Å². The van der Waals surface area contributed by atoms with Gasteiger partial charge in [-0.25, -0.2) is 0 Å². The van der Waals surface area contributed by atoms with Crippen LogP contribution in [0.3, 0.4) is 0 Å². The number of benzene rings is 1. The third-order valence-electron chi connectivity index (χ3n) is 3.09. The van der Waals surface area contributed by atoms with E-state index in [0.717, 1.165) is 10.6 Å². The molecule has 0 unspecified atom stereocenters. The number of carbonyl (C=O) groups excluding carboxylic acids is 1. The van der Waals surface area contributed by atoms with Crippen LogP contribution in [0.5, 0.6) is 11.5 Å². The van der Waals surface area contributed by atoms with Crippen molar-refractivity contribution in [3.8, 4) is 11.5 Å². The zero-order valence-corrected chi connectivity index (χ0v) is 14.6. The predicted octanol–water partition coefficient (Wildman–Crippen LogP) is 3.35. The molecule has 0 aliphatic rings. The fourth-order valence-electron chi connectivity index (χ4n) is 1.99. The number of ether oxygens (including phenoxy) is 2. The summed E-state index contributed by atoms with van der Waals surface area (Å²) in [5.41, 5.74) is 1.07. The number of carbonyl (C=O) groups is 1. The van der Waals surface area contributed by atoms with Crippen LogP contribution >= 0.6 is 11.3 Å². The second-order valence-electron chi connectivity index (χ2n) is 5.01. The number of amides is 1. The van der Waals surface area contributed by atoms with Crippen molar-refractivity contribution in [1.82, 2.24) is 10.2 Å². The highest BCUT2D eigenvalue weighted by atomic mass is 32.1. The maximum absolute atomic E-state index is 12.4. The zero-order chi connectivity index (χ0) is 16.8. The topological polar surface area (TPSA) is 73.3 Å². The Labute approximate surface area is 139 Å². The van der Waals surface area contributed by atoms with Crippen molar-refractivity contribution in [2.45, 2.75) is 40.2 Å². The lowest BCUT2D eigenvalue weighted by Crippen LogP contribution is -2.32. The van der Waals surface area contributed by atoms with Crippen LogP contribution in [0.2, 0.25) is 0 Å². The van der Waals surface area contributed by atoms with Gasteiger partial charge in [0.2, 0.25) is 5.13 Å². The first-order valence-corrected chi connectivity index (χ1v) is 8.36. The molecule has 0 fully saturated rings. The summed E-state index contributed by atoms with van der Waals surface area (Å²) in [7, 11) is 0. The van der Waals surface area contributed by atoms with Gasteiger partial charge in [0.15, 0.2) is 17.6 Å².